The van der Waals surface area contributed by atoms with E-state index in [-0.39, 0.29) is 18.4 Å². The molecule has 0 heterocycles. The average molecular weight is 432 g/mol. The molecule has 3 aromatic carbocycles. The zero-order valence-electron chi connectivity index (χ0n) is 18.5. The van der Waals surface area contributed by atoms with Crippen LogP contribution < -0.4 is 15.4 Å². The first-order chi connectivity index (χ1) is 15.6. The number of carbonyl (C=O) groups excluding carboxylic acids is 2. The fourth-order valence-electron chi connectivity index (χ4n) is 3.36. The second-order valence-corrected chi connectivity index (χ2v) is 7.36. The Morgan fingerprint density at radius 3 is 2.22 bits per heavy atom. The molecule has 0 saturated carbocycles. The lowest BCUT2D eigenvalue weighted by atomic mass is 10.0. The Kier molecular flexibility index (Phi) is 8.40. The van der Waals surface area contributed by atoms with Crippen molar-refractivity contribution in [3.05, 3.63) is 78.9 Å². The molecule has 0 fully saturated rings. The zero-order chi connectivity index (χ0) is 22.8. The Morgan fingerprint density at radius 2 is 1.53 bits per heavy atom. The molecule has 3 aromatic rings. The Labute approximate surface area is 189 Å². The van der Waals surface area contributed by atoms with Crippen molar-refractivity contribution in [3.8, 4) is 16.9 Å². The number of hydrogen-bond donors (Lipinski definition) is 2. The Morgan fingerprint density at radius 1 is 0.844 bits per heavy atom. The van der Waals surface area contributed by atoms with Crippen LogP contribution in [0.2, 0.25) is 0 Å². The zero-order valence-corrected chi connectivity index (χ0v) is 18.5. The van der Waals surface area contributed by atoms with Crippen molar-refractivity contribution < 1.29 is 14.3 Å². The van der Waals surface area contributed by atoms with Gasteiger partial charge in [0.25, 0.3) is 0 Å². The van der Waals surface area contributed by atoms with Crippen LogP contribution in [0.4, 0.5) is 11.4 Å². The quantitative estimate of drug-likeness (QED) is 0.490. The SMILES string of the molecule is CCN(CCC(=O)Nc1ccccc1-c1ccccc1)CC(=O)Nc1ccc(OC)cc1. The number of benzene rings is 3. The van der Waals surface area contributed by atoms with E-state index < -0.39 is 0 Å². The molecule has 0 atom stereocenters. The summed E-state index contributed by atoms with van der Waals surface area (Å²) in [5, 5.41) is 5.89. The third-order valence-electron chi connectivity index (χ3n) is 5.13. The van der Waals surface area contributed by atoms with Crippen LogP contribution in [0.3, 0.4) is 0 Å². The van der Waals surface area contributed by atoms with Crippen LogP contribution in [-0.4, -0.2) is 43.5 Å². The van der Waals surface area contributed by atoms with Crippen molar-refractivity contribution in [2.45, 2.75) is 13.3 Å². The van der Waals surface area contributed by atoms with Gasteiger partial charge in [0, 0.05) is 29.9 Å². The van der Waals surface area contributed by atoms with E-state index in [1.807, 2.05) is 66.4 Å². The summed E-state index contributed by atoms with van der Waals surface area (Å²) < 4.78 is 5.13. The second-order valence-electron chi connectivity index (χ2n) is 7.36. The van der Waals surface area contributed by atoms with Gasteiger partial charge in [0.15, 0.2) is 0 Å². The van der Waals surface area contributed by atoms with Gasteiger partial charge in [-0.15, -0.1) is 0 Å². The first-order valence-corrected chi connectivity index (χ1v) is 10.7. The van der Waals surface area contributed by atoms with Gasteiger partial charge in [-0.05, 0) is 42.4 Å². The number of para-hydroxylation sites is 1. The Hall–Kier alpha value is -3.64. The van der Waals surface area contributed by atoms with E-state index in [4.69, 9.17) is 4.74 Å². The van der Waals surface area contributed by atoms with Crippen LogP contribution in [0.5, 0.6) is 5.75 Å². The molecule has 32 heavy (non-hydrogen) atoms. The summed E-state index contributed by atoms with van der Waals surface area (Å²) in [5.74, 6) is 0.535. The van der Waals surface area contributed by atoms with Gasteiger partial charge < -0.3 is 15.4 Å². The van der Waals surface area contributed by atoms with Gasteiger partial charge >= 0.3 is 0 Å². The minimum atomic E-state index is -0.119. The van der Waals surface area contributed by atoms with Crippen molar-refractivity contribution >= 4 is 23.2 Å². The Balaban J connectivity index is 1.51. The van der Waals surface area contributed by atoms with Gasteiger partial charge in [-0.2, -0.15) is 0 Å². The van der Waals surface area contributed by atoms with Gasteiger partial charge in [-0.1, -0.05) is 55.5 Å². The van der Waals surface area contributed by atoms with Crippen LogP contribution in [0.25, 0.3) is 11.1 Å². The van der Waals surface area contributed by atoms with Gasteiger partial charge in [-0.3, -0.25) is 14.5 Å². The number of carbonyl (C=O) groups is 2. The monoisotopic (exact) mass is 431 g/mol. The lowest BCUT2D eigenvalue weighted by molar-refractivity contribution is -0.119. The van der Waals surface area contributed by atoms with E-state index >= 15 is 0 Å². The van der Waals surface area contributed by atoms with E-state index in [2.05, 4.69) is 10.6 Å². The summed E-state index contributed by atoms with van der Waals surface area (Å²) in [6, 6.07) is 24.9. The molecule has 2 amide bonds. The molecule has 6 heteroatoms. The predicted octanol–water partition coefficient (Wildman–Crippen LogP) is 4.65. The van der Waals surface area contributed by atoms with Crippen LogP contribution in [0.1, 0.15) is 13.3 Å². The number of nitrogens with one attached hydrogen (secondary N) is 2. The van der Waals surface area contributed by atoms with Crippen molar-refractivity contribution in [1.82, 2.24) is 4.90 Å². The van der Waals surface area contributed by atoms with Gasteiger partial charge in [0.05, 0.1) is 13.7 Å². The Bertz CT molecular complexity index is 1020. The normalized spacial score (nSPS) is 10.6. The molecular weight excluding hydrogens is 402 g/mol. The third-order valence-corrected chi connectivity index (χ3v) is 5.13. The first-order valence-electron chi connectivity index (χ1n) is 10.7. The van der Waals surface area contributed by atoms with Crippen molar-refractivity contribution in [1.29, 1.82) is 0 Å². The fourth-order valence-corrected chi connectivity index (χ4v) is 3.36. The fraction of sp³-hybridized carbons (Fsp3) is 0.231. The van der Waals surface area contributed by atoms with E-state index in [1.165, 1.54) is 0 Å². The molecule has 6 nitrogen and oxygen atoms in total. The standard InChI is InChI=1S/C26H29N3O3/c1-3-29(19-26(31)27-21-13-15-22(32-2)16-14-21)18-17-25(30)28-24-12-8-7-11-23(24)20-9-5-4-6-10-20/h4-16H,3,17-19H2,1-2H3,(H,27,31)(H,28,30). The highest BCUT2D eigenvalue weighted by Crippen LogP contribution is 2.27. The first kappa shape index (κ1) is 23.0. The van der Waals surface area contributed by atoms with Crippen LogP contribution in [0.15, 0.2) is 78.9 Å². The van der Waals surface area contributed by atoms with Gasteiger partial charge in [0.1, 0.15) is 5.75 Å². The second kappa shape index (κ2) is 11.7. The highest BCUT2D eigenvalue weighted by molar-refractivity contribution is 5.95. The van der Waals surface area contributed by atoms with Crippen LogP contribution in [0, 0.1) is 0 Å². The summed E-state index contributed by atoms with van der Waals surface area (Å²) in [6.07, 6.45) is 0.298. The number of nitrogens with zero attached hydrogens (tertiary/aromatic N) is 1. The van der Waals surface area contributed by atoms with Gasteiger partial charge in [0.2, 0.25) is 11.8 Å². The average Bonchev–Trinajstić information content (AvgIpc) is 2.83. The molecule has 3 rings (SSSR count). The van der Waals surface area contributed by atoms with E-state index in [0.717, 1.165) is 22.6 Å². The summed E-state index contributed by atoms with van der Waals surface area (Å²) in [7, 11) is 1.60. The minimum Gasteiger partial charge on any atom is -0.497 e. The summed E-state index contributed by atoms with van der Waals surface area (Å²) >= 11 is 0. The number of anilines is 2. The largest absolute Gasteiger partial charge is 0.497 e. The number of ether oxygens (including phenoxy) is 1. The summed E-state index contributed by atoms with van der Waals surface area (Å²) in [4.78, 5) is 26.9. The lowest BCUT2D eigenvalue weighted by Crippen LogP contribution is -2.35. The molecular formula is C26H29N3O3. The molecule has 0 unspecified atom stereocenters. The minimum absolute atomic E-state index is 0.0811. The maximum atomic E-state index is 12.6. The third kappa shape index (κ3) is 6.68. The van der Waals surface area contributed by atoms with Crippen LogP contribution in [-0.2, 0) is 9.59 Å². The number of amides is 2. The van der Waals surface area contributed by atoms with Gasteiger partial charge in [-0.25, -0.2) is 0 Å². The van der Waals surface area contributed by atoms with E-state index in [1.54, 1.807) is 31.4 Å². The molecule has 0 aliphatic heterocycles. The van der Waals surface area contributed by atoms with E-state index in [9.17, 15) is 9.59 Å². The van der Waals surface area contributed by atoms with Crippen molar-refractivity contribution in [2.24, 2.45) is 0 Å². The maximum Gasteiger partial charge on any atom is 0.238 e. The predicted molar refractivity (Wildman–Crippen MR) is 129 cm³/mol. The summed E-state index contributed by atoms with van der Waals surface area (Å²) in [6.45, 7) is 3.36. The molecule has 0 spiro atoms. The van der Waals surface area contributed by atoms with Crippen molar-refractivity contribution in [2.75, 3.05) is 37.4 Å². The molecule has 0 bridgehead atoms. The molecule has 0 aliphatic carbocycles. The molecule has 166 valence electrons. The number of likely N-dealkylation sites (N-methyl/N-ethyl adjacent to an activating group) is 1. The maximum absolute atomic E-state index is 12.6. The molecule has 0 radical (unpaired) electrons. The van der Waals surface area contributed by atoms with Crippen LogP contribution >= 0.6 is 0 Å². The highest BCUT2D eigenvalue weighted by Gasteiger charge is 2.13. The molecule has 0 aliphatic rings. The van der Waals surface area contributed by atoms with Crippen molar-refractivity contribution in [3.63, 3.8) is 0 Å². The highest BCUT2D eigenvalue weighted by atomic mass is 16.5. The van der Waals surface area contributed by atoms with E-state index in [0.29, 0.717) is 25.2 Å². The number of methoxy groups -OCH3 is 1. The number of rotatable bonds is 10. The number of hydrogen-bond acceptors (Lipinski definition) is 4. The lowest BCUT2D eigenvalue weighted by Gasteiger charge is -2.20. The molecule has 0 saturated heterocycles. The smallest absolute Gasteiger partial charge is 0.238 e. The topological polar surface area (TPSA) is 70.7 Å². The molecule has 2 N–H and O–H groups in total. The summed E-state index contributed by atoms with van der Waals surface area (Å²) in [5.41, 5.74) is 3.52. The molecule has 0 aromatic heterocycles.